The Bertz CT molecular complexity index is 187. The summed E-state index contributed by atoms with van der Waals surface area (Å²) < 4.78 is 0. The van der Waals surface area contributed by atoms with Crippen molar-refractivity contribution in [2.75, 3.05) is 0 Å². The highest BCUT2D eigenvalue weighted by molar-refractivity contribution is 6.30. The average Bonchev–Trinajstić information content (AvgIpc) is 2.13. The summed E-state index contributed by atoms with van der Waals surface area (Å²) in [7, 11) is 0. The Balaban J connectivity index is 0.000000561. The van der Waals surface area contributed by atoms with E-state index in [1.807, 2.05) is 13.8 Å². The monoisotopic (exact) mass is 186 g/mol. The van der Waals surface area contributed by atoms with Gasteiger partial charge in [0.25, 0.3) is 0 Å². The lowest BCUT2D eigenvalue weighted by atomic mass is 9.97. The van der Waals surface area contributed by atoms with Crippen LogP contribution in [0.15, 0.2) is 22.3 Å². The third-order valence-corrected chi connectivity index (χ3v) is 2.50. The van der Waals surface area contributed by atoms with Gasteiger partial charge in [-0.25, -0.2) is 0 Å². The molecule has 0 N–H and O–H groups in total. The molecule has 12 heavy (non-hydrogen) atoms. The van der Waals surface area contributed by atoms with Crippen LogP contribution < -0.4 is 0 Å². The van der Waals surface area contributed by atoms with Gasteiger partial charge in [0, 0.05) is 5.03 Å². The number of allylic oxidation sites excluding steroid dienone is 4. The topological polar surface area (TPSA) is 0 Å². The van der Waals surface area contributed by atoms with Crippen LogP contribution in [0.4, 0.5) is 0 Å². The van der Waals surface area contributed by atoms with E-state index in [-0.39, 0.29) is 0 Å². The number of halogens is 1. The van der Waals surface area contributed by atoms with Crippen LogP contribution in [0.3, 0.4) is 0 Å². The van der Waals surface area contributed by atoms with E-state index in [1.54, 1.807) is 0 Å². The molecule has 0 aromatic carbocycles. The van der Waals surface area contributed by atoms with Crippen molar-refractivity contribution < 1.29 is 0 Å². The Morgan fingerprint density at radius 2 is 2.00 bits per heavy atom. The molecule has 0 unspecified atom stereocenters. The van der Waals surface area contributed by atoms with Gasteiger partial charge in [0.05, 0.1) is 0 Å². The van der Waals surface area contributed by atoms with Gasteiger partial charge in [0.2, 0.25) is 0 Å². The number of hydrogen-bond acceptors (Lipinski definition) is 0. The minimum absolute atomic E-state index is 1.04. The molecule has 0 bridgehead atoms. The van der Waals surface area contributed by atoms with Gasteiger partial charge < -0.3 is 0 Å². The van der Waals surface area contributed by atoms with Crippen molar-refractivity contribution in [1.82, 2.24) is 0 Å². The van der Waals surface area contributed by atoms with Crippen LogP contribution in [0.1, 0.15) is 47.0 Å². The van der Waals surface area contributed by atoms with Crippen molar-refractivity contribution in [2.45, 2.75) is 47.0 Å². The molecule has 1 rings (SSSR count). The van der Waals surface area contributed by atoms with E-state index in [2.05, 4.69) is 19.9 Å². The first-order valence-corrected chi connectivity index (χ1v) is 5.18. The maximum atomic E-state index is 5.98. The number of rotatable bonds is 1. The minimum Gasteiger partial charge on any atom is -0.0888 e. The quantitative estimate of drug-likeness (QED) is 0.559. The van der Waals surface area contributed by atoms with Gasteiger partial charge in [-0.15, -0.1) is 0 Å². The van der Waals surface area contributed by atoms with Gasteiger partial charge in [-0.1, -0.05) is 38.4 Å². The van der Waals surface area contributed by atoms with Gasteiger partial charge in [0.15, 0.2) is 0 Å². The van der Waals surface area contributed by atoms with E-state index in [1.165, 1.54) is 11.1 Å². The van der Waals surface area contributed by atoms with Gasteiger partial charge in [-0.05, 0) is 37.3 Å². The van der Waals surface area contributed by atoms with E-state index < -0.39 is 0 Å². The highest BCUT2D eigenvalue weighted by Crippen LogP contribution is 2.28. The second-order valence-corrected chi connectivity index (χ2v) is 3.11. The Hall–Kier alpha value is -0.230. The van der Waals surface area contributed by atoms with Crippen molar-refractivity contribution >= 4 is 11.6 Å². The van der Waals surface area contributed by atoms with Crippen LogP contribution in [-0.4, -0.2) is 0 Å². The van der Waals surface area contributed by atoms with E-state index in [9.17, 15) is 0 Å². The molecule has 0 heterocycles. The molecule has 0 atom stereocenters. The fourth-order valence-corrected chi connectivity index (χ4v) is 1.53. The second-order valence-electron chi connectivity index (χ2n) is 2.65. The first-order chi connectivity index (χ1) is 5.75. The zero-order chi connectivity index (χ0) is 9.56. The van der Waals surface area contributed by atoms with Gasteiger partial charge in [-0.2, -0.15) is 0 Å². The molecule has 1 heteroatoms. The average molecular weight is 187 g/mol. The zero-order valence-electron chi connectivity index (χ0n) is 8.58. The predicted octanol–water partition coefficient (Wildman–Crippen LogP) is 4.66. The Kier molecular flexibility index (Phi) is 6.18. The number of hydrogen-bond donors (Lipinski definition) is 0. The lowest BCUT2D eigenvalue weighted by Crippen LogP contribution is -1.93. The molecule has 0 saturated carbocycles. The molecule has 0 radical (unpaired) electrons. The second kappa shape index (κ2) is 6.30. The van der Waals surface area contributed by atoms with E-state index in [0.29, 0.717) is 0 Å². The van der Waals surface area contributed by atoms with Crippen molar-refractivity contribution in [3.8, 4) is 0 Å². The molecule has 1 aliphatic rings. The van der Waals surface area contributed by atoms with Crippen LogP contribution in [0, 0.1) is 0 Å². The fourth-order valence-electron chi connectivity index (χ4n) is 1.30. The molecular weight excluding hydrogens is 168 g/mol. The van der Waals surface area contributed by atoms with Crippen LogP contribution >= 0.6 is 11.6 Å². The zero-order valence-corrected chi connectivity index (χ0v) is 9.33. The van der Waals surface area contributed by atoms with Crippen LogP contribution in [-0.2, 0) is 0 Å². The van der Waals surface area contributed by atoms with Crippen LogP contribution in [0.25, 0.3) is 0 Å². The minimum atomic E-state index is 1.04. The van der Waals surface area contributed by atoms with E-state index in [0.717, 1.165) is 24.3 Å². The summed E-state index contributed by atoms with van der Waals surface area (Å²) in [6.45, 7) is 8.28. The highest BCUT2D eigenvalue weighted by Gasteiger charge is 2.07. The summed E-state index contributed by atoms with van der Waals surface area (Å²) in [5.41, 5.74) is 2.73. The summed E-state index contributed by atoms with van der Waals surface area (Å²) >= 11 is 5.98. The molecule has 70 valence electrons. The molecular formula is C11H19Cl. The first-order valence-electron chi connectivity index (χ1n) is 4.80. The smallest absolute Gasteiger partial charge is 0.0215 e. The third kappa shape index (κ3) is 3.02. The molecule has 0 aliphatic heterocycles. The lowest BCUT2D eigenvalue weighted by molar-refractivity contribution is 0.937. The molecule has 0 spiro atoms. The van der Waals surface area contributed by atoms with E-state index >= 15 is 0 Å². The van der Waals surface area contributed by atoms with Crippen molar-refractivity contribution in [2.24, 2.45) is 0 Å². The van der Waals surface area contributed by atoms with Gasteiger partial charge in [-0.3, -0.25) is 0 Å². The van der Waals surface area contributed by atoms with Crippen molar-refractivity contribution in [3.05, 3.63) is 22.3 Å². The van der Waals surface area contributed by atoms with Crippen molar-refractivity contribution in [3.63, 3.8) is 0 Å². The molecule has 0 saturated heterocycles. The Morgan fingerprint density at radius 1 is 1.42 bits per heavy atom. The molecule has 0 nitrogen and oxygen atoms in total. The Morgan fingerprint density at radius 3 is 2.42 bits per heavy atom. The maximum Gasteiger partial charge on any atom is 0.0215 e. The maximum absolute atomic E-state index is 5.98. The fraction of sp³-hybridized carbons (Fsp3) is 0.636. The highest BCUT2D eigenvalue weighted by atomic mass is 35.5. The third-order valence-electron chi connectivity index (χ3n) is 2.02. The lowest BCUT2D eigenvalue weighted by Gasteiger charge is -2.13. The molecule has 0 aromatic rings. The van der Waals surface area contributed by atoms with Crippen LogP contribution in [0.5, 0.6) is 0 Å². The summed E-state index contributed by atoms with van der Waals surface area (Å²) in [6.07, 6.45) is 5.57. The Labute approximate surface area is 81.3 Å². The standard InChI is InChI=1S/C9H13Cl.C2H6/c1-3-8-5-4-6-9(10)7(8)2;1-2/h5H,3-4,6H2,1-2H3;1-2H3. The van der Waals surface area contributed by atoms with Gasteiger partial charge in [0.1, 0.15) is 0 Å². The van der Waals surface area contributed by atoms with E-state index in [4.69, 9.17) is 11.6 Å². The summed E-state index contributed by atoms with van der Waals surface area (Å²) in [5.74, 6) is 0. The largest absolute Gasteiger partial charge is 0.0888 e. The normalized spacial score (nSPS) is 16.6. The summed E-state index contributed by atoms with van der Waals surface area (Å²) in [6, 6.07) is 0. The molecule has 0 aromatic heterocycles. The molecule has 0 fully saturated rings. The predicted molar refractivity (Wildman–Crippen MR) is 57.5 cm³/mol. The van der Waals surface area contributed by atoms with Crippen molar-refractivity contribution in [1.29, 1.82) is 0 Å². The van der Waals surface area contributed by atoms with Crippen LogP contribution in [0.2, 0.25) is 0 Å². The SMILES string of the molecule is CC.CCC1=CCCC(Cl)=C1C. The molecule has 1 aliphatic carbocycles. The molecule has 0 amide bonds. The van der Waals surface area contributed by atoms with Gasteiger partial charge >= 0.3 is 0 Å². The summed E-state index contributed by atoms with van der Waals surface area (Å²) in [5, 5.41) is 1.05. The first kappa shape index (κ1) is 11.8. The summed E-state index contributed by atoms with van der Waals surface area (Å²) in [4.78, 5) is 0.